The van der Waals surface area contributed by atoms with Gasteiger partial charge in [0.15, 0.2) is 17.7 Å². The summed E-state index contributed by atoms with van der Waals surface area (Å²) < 4.78 is 33.9. The number of aliphatic carboxylic acids is 1. The molecule has 1 atom stereocenters. The number of rotatable bonds is 8. The first-order chi connectivity index (χ1) is 18.4. The van der Waals surface area contributed by atoms with E-state index in [2.05, 4.69) is 5.32 Å². The van der Waals surface area contributed by atoms with Crippen LogP contribution < -0.4 is 10.1 Å². The van der Waals surface area contributed by atoms with Gasteiger partial charge in [0.1, 0.15) is 11.3 Å². The number of methoxy groups -OCH3 is 1. The number of carbonyl (C=O) groups excluding carboxylic acids is 1. The van der Waals surface area contributed by atoms with Crippen molar-refractivity contribution in [2.45, 2.75) is 59.2 Å². The number of carboxylic acids is 1. The molecule has 0 bridgehead atoms. The molecule has 0 saturated carbocycles. The second-order valence-corrected chi connectivity index (χ2v) is 10.8. The number of fused-ring (bicyclic) bond motifs is 2. The average molecular weight is 542 g/mol. The minimum absolute atomic E-state index is 0.234. The van der Waals surface area contributed by atoms with Crippen molar-refractivity contribution in [1.29, 1.82) is 0 Å². The van der Waals surface area contributed by atoms with Gasteiger partial charge in [-0.1, -0.05) is 0 Å². The summed E-state index contributed by atoms with van der Waals surface area (Å²) in [6.45, 7) is 10.0. The van der Waals surface area contributed by atoms with E-state index in [9.17, 15) is 14.7 Å². The van der Waals surface area contributed by atoms with Gasteiger partial charge < -0.3 is 29.2 Å². The van der Waals surface area contributed by atoms with E-state index in [0.29, 0.717) is 65.3 Å². The third-order valence-corrected chi connectivity index (χ3v) is 6.89. The predicted molar refractivity (Wildman–Crippen MR) is 145 cm³/mol. The Labute approximate surface area is 227 Å². The molecule has 3 heterocycles. The van der Waals surface area contributed by atoms with Gasteiger partial charge in [-0.15, -0.1) is 0 Å². The number of carboxylic acid groups (broad SMARTS) is 1. The Bertz CT molecular complexity index is 1440. The number of hydrogen-bond acceptors (Lipinski definition) is 6. The van der Waals surface area contributed by atoms with Gasteiger partial charge in [0.25, 0.3) is 5.91 Å². The SMILES string of the molecule is COCCNC(=O)c1cc2c(-c3cc(F)c4c(c3C)CCCO4)c([C@H](OC(C)(C)C)C(=O)O)c(C)nc2n1C. The van der Waals surface area contributed by atoms with Crippen LogP contribution in [0.5, 0.6) is 5.75 Å². The van der Waals surface area contributed by atoms with Crippen molar-refractivity contribution in [2.75, 3.05) is 26.9 Å². The van der Waals surface area contributed by atoms with E-state index < -0.39 is 23.5 Å². The van der Waals surface area contributed by atoms with Crippen LogP contribution in [0.3, 0.4) is 0 Å². The van der Waals surface area contributed by atoms with Crippen LogP contribution in [-0.2, 0) is 27.7 Å². The lowest BCUT2D eigenvalue weighted by Crippen LogP contribution is -2.28. The van der Waals surface area contributed by atoms with E-state index in [-0.39, 0.29) is 11.7 Å². The fourth-order valence-corrected chi connectivity index (χ4v) is 5.15. The fraction of sp³-hybridized carbons (Fsp3) is 0.483. The smallest absolute Gasteiger partial charge is 0.337 e. The highest BCUT2D eigenvalue weighted by molar-refractivity contribution is 6.04. The molecule has 0 unspecified atom stereocenters. The lowest BCUT2D eigenvalue weighted by molar-refractivity contribution is -0.160. The van der Waals surface area contributed by atoms with Crippen LogP contribution in [0.15, 0.2) is 12.1 Å². The molecular formula is C29H36FN3O6. The molecule has 9 nitrogen and oxygen atoms in total. The first-order valence-electron chi connectivity index (χ1n) is 13.0. The van der Waals surface area contributed by atoms with E-state index in [4.69, 9.17) is 19.2 Å². The van der Waals surface area contributed by atoms with Gasteiger partial charge in [0.2, 0.25) is 0 Å². The van der Waals surface area contributed by atoms with Crippen LogP contribution in [0.25, 0.3) is 22.2 Å². The average Bonchev–Trinajstić information content (AvgIpc) is 3.19. The zero-order chi connectivity index (χ0) is 28.6. The monoisotopic (exact) mass is 541 g/mol. The molecule has 0 spiro atoms. The van der Waals surface area contributed by atoms with E-state index in [1.807, 2.05) is 6.92 Å². The highest BCUT2D eigenvalue weighted by Gasteiger charge is 2.34. The first kappa shape index (κ1) is 28.5. The number of hydrogen-bond donors (Lipinski definition) is 2. The second kappa shape index (κ2) is 10.9. The van der Waals surface area contributed by atoms with Crippen molar-refractivity contribution >= 4 is 22.9 Å². The summed E-state index contributed by atoms with van der Waals surface area (Å²) >= 11 is 0. The maximum Gasteiger partial charge on any atom is 0.337 e. The summed E-state index contributed by atoms with van der Waals surface area (Å²) in [5, 5.41) is 13.7. The summed E-state index contributed by atoms with van der Waals surface area (Å²) in [5.41, 5.74) is 3.27. The molecule has 39 heavy (non-hydrogen) atoms. The maximum absolute atomic E-state index is 15.5. The van der Waals surface area contributed by atoms with Gasteiger partial charge in [-0.05, 0) is 70.7 Å². The molecule has 0 aliphatic carbocycles. The van der Waals surface area contributed by atoms with Gasteiger partial charge in [0.05, 0.1) is 18.8 Å². The number of halogens is 1. The van der Waals surface area contributed by atoms with Crippen molar-refractivity contribution in [3.63, 3.8) is 0 Å². The third kappa shape index (κ3) is 5.49. The molecular weight excluding hydrogens is 505 g/mol. The summed E-state index contributed by atoms with van der Waals surface area (Å²) in [6, 6.07) is 3.06. The van der Waals surface area contributed by atoms with E-state index >= 15 is 4.39 Å². The quantitative estimate of drug-likeness (QED) is 0.400. The number of carbonyl (C=O) groups is 2. The number of nitrogens with zero attached hydrogens (tertiary/aromatic N) is 2. The van der Waals surface area contributed by atoms with Crippen LogP contribution in [-0.4, -0.2) is 59.0 Å². The molecule has 0 radical (unpaired) electrons. The molecule has 1 amide bonds. The zero-order valence-electron chi connectivity index (χ0n) is 23.5. The zero-order valence-corrected chi connectivity index (χ0v) is 23.5. The molecule has 1 aliphatic heterocycles. The topological polar surface area (TPSA) is 112 Å². The minimum Gasteiger partial charge on any atom is -0.490 e. The highest BCUT2D eigenvalue weighted by Crippen LogP contribution is 2.44. The number of pyridine rings is 1. The summed E-state index contributed by atoms with van der Waals surface area (Å²) in [6.07, 6.45) is -0.000897. The van der Waals surface area contributed by atoms with Crippen molar-refractivity contribution in [3.05, 3.63) is 46.0 Å². The van der Waals surface area contributed by atoms with E-state index in [1.54, 1.807) is 52.5 Å². The molecule has 10 heteroatoms. The van der Waals surface area contributed by atoms with E-state index in [1.165, 1.54) is 6.07 Å². The lowest BCUT2D eigenvalue weighted by atomic mass is 9.86. The molecule has 0 fully saturated rings. The van der Waals surface area contributed by atoms with Crippen LogP contribution in [0.1, 0.15) is 66.2 Å². The van der Waals surface area contributed by atoms with Gasteiger partial charge in [-0.2, -0.15) is 0 Å². The predicted octanol–water partition coefficient (Wildman–Crippen LogP) is 4.64. The minimum atomic E-state index is -1.38. The Morgan fingerprint density at radius 2 is 2.00 bits per heavy atom. The Morgan fingerprint density at radius 1 is 1.28 bits per heavy atom. The lowest BCUT2D eigenvalue weighted by Gasteiger charge is -2.29. The Morgan fingerprint density at radius 3 is 2.64 bits per heavy atom. The van der Waals surface area contributed by atoms with Crippen LogP contribution in [0.2, 0.25) is 0 Å². The first-order valence-corrected chi connectivity index (χ1v) is 13.0. The summed E-state index contributed by atoms with van der Waals surface area (Å²) in [5.74, 6) is -1.81. The summed E-state index contributed by atoms with van der Waals surface area (Å²) in [4.78, 5) is 30.4. The maximum atomic E-state index is 15.5. The Hall–Kier alpha value is -3.50. The number of benzene rings is 1. The highest BCUT2D eigenvalue weighted by atomic mass is 19.1. The van der Waals surface area contributed by atoms with Crippen molar-refractivity contribution in [2.24, 2.45) is 7.05 Å². The number of aryl methyl sites for hydroxylation is 2. The standard InChI is InChI=1S/C29H36FN3O6/c1-15-17-9-8-11-38-24(17)20(30)13-18(15)23-19-14-21(27(34)31-10-12-37-7)33(6)26(19)32-16(2)22(23)25(28(35)36)39-29(3,4)5/h13-14,25H,8-12H2,1-7H3,(H,31,34)(H,35,36)/t25-/m0/s1. The molecule has 1 aliphatic rings. The van der Waals surface area contributed by atoms with Crippen molar-refractivity contribution in [3.8, 4) is 16.9 Å². The molecule has 0 saturated heterocycles. The van der Waals surface area contributed by atoms with Crippen molar-refractivity contribution < 1.29 is 33.3 Å². The van der Waals surface area contributed by atoms with Gasteiger partial charge in [-0.3, -0.25) is 4.79 Å². The third-order valence-electron chi connectivity index (χ3n) is 6.89. The van der Waals surface area contributed by atoms with Gasteiger partial charge in [0, 0.05) is 48.5 Å². The number of nitrogens with one attached hydrogen (secondary N) is 1. The van der Waals surface area contributed by atoms with Crippen LogP contribution in [0.4, 0.5) is 4.39 Å². The molecule has 4 rings (SSSR count). The molecule has 2 N–H and O–H groups in total. The van der Waals surface area contributed by atoms with Crippen LogP contribution in [0, 0.1) is 19.7 Å². The molecule has 1 aromatic carbocycles. The number of amides is 1. The van der Waals surface area contributed by atoms with Crippen LogP contribution >= 0.6 is 0 Å². The van der Waals surface area contributed by atoms with Crippen molar-refractivity contribution in [1.82, 2.24) is 14.9 Å². The summed E-state index contributed by atoms with van der Waals surface area (Å²) in [7, 11) is 3.27. The number of ether oxygens (including phenoxy) is 3. The molecule has 2 aromatic heterocycles. The van der Waals surface area contributed by atoms with E-state index in [0.717, 1.165) is 17.5 Å². The second-order valence-electron chi connectivity index (χ2n) is 10.8. The Kier molecular flexibility index (Phi) is 7.99. The normalized spacial score (nSPS) is 14.2. The fourth-order valence-electron chi connectivity index (χ4n) is 5.15. The number of aromatic nitrogens is 2. The largest absolute Gasteiger partial charge is 0.490 e. The Balaban J connectivity index is 2.07. The molecule has 210 valence electrons. The molecule has 3 aromatic rings. The van der Waals surface area contributed by atoms with Gasteiger partial charge >= 0.3 is 5.97 Å². The van der Waals surface area contributed by atoms with Gasteiger partial charge in [-0.25, -0.2) is 14.2 Å².